The molecule has 1 amide bonds. The Bertz CT molecular complexity index is 995. The second kappa shape index (κ2) is 9.52. The molecule has 1 aromatic heterocycles. The molecule has 6 nitrogen and oxygen atoms in total. The monoisotopic (exact) mass is 455 g/mol. The Morgan fingerprint density at radius 1 is 1.11 bits per heavy atom. The van der Waals surface area contributed by atoms with Crippen LogP contribution >= 0.6 is 46.6 Å². The van der Waals surface area contributed by atoms with Crippen molar-refractivity contribution in [3.05, 3.63) is 63.1 Å². The molecule has 10 heteroatoms. The topological polar surface area (TPSA) is 85.8 Å². The van der Waals surface area contributed by atoms with Gasteiger partial charge in [-0.15, -0.1) is 10.2 Å². The number of thioether (sulfide) groups is 1. The Hall–Kier alpha value is -1.93. The van der Waals surface area contributed by atoms with Gasteiger partial charge in [-0.3, -0.25) is 4.79 Å². The lowest BCUT2D eigenvalue weighted by molar-refractivity contribution is -0.120. The van der Waals surface area contributed by atoms with Crippen molar-refractivity contribution >= 4 is 52.5 Å². The van der Waals surface area contributed by atoms with E-state index in [1.54, 1.807) is 24.3 Å². The van der Waals surface area contributed by atoms with Crippen LogP contribution in [0.3, 0.4) is 0 Å². The number of carbonyl (C=O) groups is 1. The molecule has 0 atom stereocenters. The van der Waals surface area contributed by atoms with Crippen LogP contribution in [0.1, 0.15) is 12.0 Å². The maximum absolute atomic E-state index is 12.0. The van der Waals surface area contributed by atoms with E-state index < -0.39 is 0 Å². The third-order valence-corrected chi connectivity index (χ3v) is 5.69. The third kappa shape index (κ3) is 5.11. The van der Waals surface area contributed by atoms with Gasteiger partial charge in [-0.1, -0.05) is 64.8 Å². The van der Waals surface area contributed by atoms with Crippen molar-refractivity contribution < 1.29 is 4.79 Å². The highest BCUT2D eigenvalue weighted by Gasteiger charge is 2.15. The Morgan fingerprint density at radius 2 is 1.89 bits per heavy atom. The smallest absolute Gasteiger partial charge is 0.221 e. The largest absolute Gasteiger partial charge is 0.352 e. The lowest BCUT2D eigenvalue weighted by Gasteiger charge is -2.07. The van der Waals surface area contributed by atoms with E-state index in [1.807, 2.05) is 18.2 Å². The van der Waals surface area contributed by atoms with Gasteiger partial charge in [0, 0.05) is 34.3 Å². The van der Waals surface area contributed by atoms with Crippen LogP contribution in [0.15, 0.2) is 47.6 Å². The molecule has 1 heterocycles. The molecule has 3 rings (SSSR count). The van der Waals surface area contributed by atoms with Crippen LogP contribution in [0.2, 0.25) is 15.1 Å². The molecule has 0 saturated heterocycles. The fourth-order valence-corrected chi connectivity index (χ4v) is 3.88. The van der Waals surface area contributed by atoms with Crippen LogP contribution in [-0.2, 0) is 11.3 Å². The quantitative estimate of drug-likeness (QED) is 0.406. The van der Waals surface area contributed by atoms with Gasteiger partial charge in [0.15, 0.2) is 5.82 Å². The lowest BCUT2D eigenvalue weighted by Crippen LogP contribution is -2.23. The average Bonchev–Trinajstić information content (AvgIpc) is 3.02. The van der Waals surface area contributed by atoms with Crippen LogP contribution < -0.4 is 11.2 Å². The summed E-state index contributed by atoms with van der Waals surface area (Å²) in [5.41, 5.74) is 1.50. The predicted molar refractivity (Wildman–Crippen MR) is 114 cm³/mol. The molecule has 0 radical (unpaired) electrons. The zero-order valence-corrected chi connectivity index (χ0v) is 17.6. The van der Waals surface area contributed by atoms with Gasteiger partial charge in [0.1, 0.15) is 0 Å². The van der Waals surface area contributed by atoms with Crippen molar-refractivity contribution in [1.82, 2.24) is 20.2 Å². The van der Waals surface area contributed by atoms with E-state index in [-0.39, 0.29) is 5.91 Å². The minimum absolute atomic E-state index is 0.0866. The zero-order chi connectivity index (χ0) is 20.1. The Labute approximate surface area is 181 Å². The Kier molecular flexibility index (Phi) is 7.07. The summed E-state index contributed by atoms with van der Waals surface area (Å²) >= 11 is 19.5. The molecule has 0 aliphatic carbocycles. The third-order valence-electron chi connectivity index (χ3n) is 3.83. The summed E-state index contributed by atoms with van der Waals surface area (Å²) in [6.07, 6.45) is 0.305. The minimum atomic E-state index is -0.0866. The van der Waals surface area contributed by atoms with Crippen molar-refractivity contribution in [2.24, 2.45) is 0 Å². The lowest BCUT2D eigenvalue weighted by atomic mass is 10.2. The van der Waals surface area contributed by atoms with Gasteiger partial charge in [0.2, 0.25) is 11.1 Å². The van der Waals surface area contributed by atoms with Crippen LogP contribution in [0.25, 0.3) is 11.4 Å². The van der Waals surface area contributed by atoms with Crippen LogP contribution in [0.4, 0.5) is 0 Å². The summed E-state index contributed by atoms with van der Waals surface area (Å²) < 4.78 is 1.35. The number of halogens is 3. The van der Waals surface area contributed by atoms with Gasteiger partial charge >= 0.3 is 0 Å². The van der Waals surface area contributed by atoms with Gasteiger partial charge < -0.3 is 11.2 Å². The first-order chi connectivity index (χ1) is 13.5. The van der Waals surface area contributed by atoms with Crippen molar-refractivity contribution in [2.45, 2.75) is 18.1 Å². The summed E-state index contributed by atoms with van der Waals surface area (Å²) in [6, 6.07) is 12.4. The maximum Gasteiger partial charge on any atom is 0.221 e. The predicted octanol–water partition coefficient (Wildman–Crippen LogP) is 4.42. The molecule has 28 heavy (non-hydrogen) atoms. The first-order valence-corrected chi connectivity index (χ1v) is 10.4. The zero-order valence-electron chi connectivity index (χ0n) is 14.5. The van der Waals surface area contributed by atoms with Gasteiger partial charge in [-0.25, -0.2) is 4.68 Å². The molecule has 0 bridgehead atoms. The first-order valence-electron chi connectivity index (χ1n) is 8.24. The highest BCUT2D eigenvalue weighted by atomic mass is 35.5. The summed E-state index contributed by atoms with van der Waals surface area (Å²) in [7, 11) is 0. The number of nitrogens with two attached hydrogens (primary N) is 1. The number of nitrogens with one attached hydrogen (secondary N) is 1. The number of hydrogen-bond donors (Lipinski definition) is 2. The highest BCUT2D eigenvalue weighted by molar-refractivity contribution is 7.99. The molecule has 0 fully saturated rings. The van der Waals surface area contributed by atoms with Crippen molar-refractivity contribution in [3.8, 4) is 11.4 Å². The standard InChI is InChI=1S/C18H16Cl3N5OS/c19-12-5-6-13(15(21)9-12)17-24-25-18(26(17)22)28-8-7-16(27)23-10-11-3-1-2-4-14(11)20/h1-6,9H,7-8,10,22H2,(H,23,27). The number of hydrogen-bond acceptors (Lipinski definition) is 5. The SMILES string of the molecule is Nn1c(SCCC(=O)NCc2ccccc2Cl)nnc1-c1ccc(Cl)cc1Cl. The molecular formula is C18H16Cl3N5OS. The second-order valence-electron chi connectivity index (χ2n) is 5.77. The van der Waals surface area contributed by atoms with E-state index in [9.17, 15) is 4.79 Å². The Balaban J connectivity index is 1.53. The van der Waals surface area contributed by atoms with Gasteiger partial charge in [-0.2, -0.15) is 0 Å². The van der Waals surface area contributed by atoms with Crippen molar-refractivity contribution in [2.75, 3.05) is 11.6 Å². The number of carbonyl (C=O) groups excluding carboxylic acids is 1. The summed E-state index contributed by atoms with van der Waals surface area (Å²) in [5.74, 6) is 6.91. The molecule has 2 aromatic carbocycles. The fourth-order valence-electron chi connectivity index (χ4n) is 2.39. The van der Waals surface area contributed by atoms with Crippen molar-refractivity contribution in [1.29, 1.82) is 0 Å². The molecule has 146 valence electrons. The van der Waals surface area contributed by atoms with Crippen LogP contribution in [0, 0.1) is 0 Å². The van der Waals surface area contributed by atoms with E-state index in [4.69, 9.17) is 40.6 Å². The number of rotatable bonds is 7. The van der Waals surface area contributed by atoms with Gasteiger partial charge in [0.25, 0.3) is 0 Å². The molecule has 0 aliphatic rings. The average molecular weight is 457 g/mol. The normalized spacial score (nSPS) is 10.8. The number of nitrogen functional groups attached to an aromatic ring is 1. The van der Waals surface area contributed by atoms with Crippen LogP contribution in [-0.4, -0.2) is 26.5 Å². The van der Waals surface area contributed by atoms with Gasteiger partial charge in [-0.05, 0) is 29.8 Å². The molecule has 3 N–H and O–H groups in total. The van der Waals surface area contributed by atoms with E-state index in [0.717, 1.165) is 5.56 Å². The number of nitrogens with zero attached hydrogens (tertiary/aromatic N) is 3. The number of benzene rings is 2. The van der Waals surface area contributed by atoms with Crippen molar-refractivity contribution in [3.63, 3.8) is 0 Å². The van der Waals surface area contributed by atoms with Gasteiger partial charge in [0.05, 0.1) is 5.02 Å². The number of aromatic nitrogens is 3. The minimum Gasteiger partial charge on any atom is -0.352 e. The summed E-state index contributed by atoms with van der Waals surface area (Å²) in [4.78, 5) is 12.0. The first kappa shape index (κ1) is 20.8. The molecule has 3 aromatic rings. The summed E-state index contributed by atoms with van der Waals surface area (Å²) in [6.45, 7) is 0.384. The van der Waals surface area contributed by atoms with E-state index in [0.29, 0.717) is 50.3 Å². The molecular weight excluding hydrogens is 441 g/mol. The molecule has 0 spiro atoms. The van der Waals surface area contributed by atoms with E-state index >= 15 is 0 Å². The van der Waals surface area contributed by atoms with E-state index in [1.165, 1.54) is 16.4 Å². The summed E-state index contributed by atoms with van der Waals surface area (Å²) in [5, 5.41) is 13.1. The maximum atomic E-state index is 12.0. The number of amides is 1. The van der Waals surface area contributed by atoms with E-state index in [2.05, 4.69) is 15.5 Å². The molecule has 0 unspecified atom stereocenters. The molecule has 0 aliphatic heterocycles. The Morgan fingerprint density at radius 3 is 2.64 bits per heavy atom. The fraction of sp³-hybridized carbons (Fsp3) is 0.167. The van der Waals surface area contributed by atoms with Crippen LogP contribution in [0.5, 0.6) is 0 Å². The second-order valence-corrected chi connectivity index (χ2v) is 8.08. The highest BCUT2D eigenvalue weighted by Crippen LogP contribution is 2.30. The molecule has 0 saturated carbocycles.